The number of unbranched alkanes of at least 4 members (excludes halogenated alkanes) is 8. The van der Waals surface area contributed by atoms with Crippen LogP contribution in [0.5, 0.6) is 11.5 Å². The maximum absolute atomic E-state index is 13.1. The van der Waals surface area contributed by atoms with Gasteiger partial charge in [0.1, 0.15) is 18.1 Å². The maximum atomic E-state index is 13.1. The molecule has 2 aromatic rings. The lowest BCUT2D eigenvalue weighted by Gasteiger charge is -2.24. The second-order valence-electron chi connectivity index (χ2n) is 12.8. The molecule has 1 unspecified atom stereocenters. The minimum absolute atomic E-state index is 0.0163. The molecule has 0 radical (unpaired) electrons. The fourth-order valence-electron chi connectivity index (χ4n) is 5.29. The van der Waals surface area contributed by atoms with Crippen LogP contribution in [0.2, 0.25) is 0 Å². The Morgan fingerprint density at radius 1 is 0.977 bits per heavy atom. The Hall–Kier alpha value is -2.89. The van der Waals surface area contributed by atoms with Gasteiger partial charge in [-0.05, 0) is 80.2 Å². The van der Waals surface area contributed by atoms with Gasteiger partial charge in [0.15, 0.2) is 12.1 Å². The third-order valence-corrected chi connectivity index (χ3v) is 7.85. The monoisotopic (exact) mass is 590 g/mol. The van der Waals surface area contributed by atoms with Crippen LogP contribution in [0.15, 0.2) is 66.3 Å². The quantitative estimate of drug-likeness (QED) is 0.0810. The molecule has 236 valence electrons. The molecule has 1 aliphatic rings. The molecule has 1 heterocycles. The molecule has 1 N–H and O–H groups in total. The van der Waals surface area contributed by atoms with Crippen molar-refractivity contribution in [2.24, 2.45) is 0 Å². The molecule has 3 rings (SSSR count). The predicted octanol–water partition coefficient (Wildman–Crippen LogP) is 10.0. The first-order valence-electron chi connectivity index (χ1n) is 16.4. The lowest BCUT2D eigenvalue weighted by atomic mass is 9.85. The highest BCUT2D eigenvalue weighted by Gasteiger charge is 2.23. The van der Waals surface area contributed by atoms with Crippen LogP contribution in [-0.2, 0) is 21.5 Å². The van der Waals surface area contributed by atoms with E-state index in [4.69, 9.17) is 14.2 Å². The first kappa shape index (κ1) is 34.6. The van der Waals surface area contributed by atoms with Crippen molar-refractivity contribution in [3.8, 4) is 11.5 Å². The highest BCUT2D eigenvalue weighted by Crippen LogP contribution is 2.37. The SMILES string of the molecule is CC(C=CCCCCCCCCCCOC1CCCCO1)=CC(=O)c1cc(OCc2ccccc2)c(C(C)(C)C)cc1O. The summed E-state index contributed by atoms with van der Waals surface area (Å²) in [4.78, 5) is 13.1. The van der Waals surface area contributed by atoms with Gasteiger partial charge >= 0.3 is 0 Å². The summed E-state index contributed by atoms with van der Waals surface area (Å²) in [6, 6.07) is 13.3. The molecular formula is C38H54O5. The normalized spacial score (nSPS) is 16.1. The first-order chi connectivity index (χ1) is 20.7. The van der Waals surface area contributed by atoms with Gasteiger partial charge in [-0.1, -0.05) is 102 Å². The zero-order valence-corrected chi connectivity index (χ0v) is 27.0. The number of ketones is 1. The highest BCUT2D eigenvalue weighted by atomic mass is 16.7. The summed E-state index contributed by atoms with van der Waals surface area (Å²) < 4.78 is 17.6. The van der Waals surface area contributed by atoms with Gasteiger partial charge < -0.3 is 19.3 Å². The van der Waals surface area contributed by atoms with Gasteiger partial charge in [0.25, 0.3) is 0 Å². The van der Waals surface area contributed by atoms with Gasteiger partial charge in [-0.2, -0.15) is 0 Å². The molecule has 2 aromatic carbocycles. The second-order valence-corrected chi connectivity index (χ2v) is 12.8. The molecule has 1 saturated heterocycles. The van der Waals surface area contributed by atoms with E-state index in [1.54, 1.807) is 18.2 Å². The van der Waals surface area contributed by atoms with E-state index in [1.165, 1.54) is 51.4 Å². The topological polar surface area (TPSA) is 65.0 Å². The summed E-state index contributed by atoms with van der Waals surface area (Å²) in [6.07, 6.45) is 20.1. The van der Waals surface area contributed by atoms with Gasteiger partial charge in [0.05, 0.1) is 5.56 Å². The Balaban J connectivity index is 1.36. The number of rotatable bonds is 18. The van der Waals surface area contributed by atoms with Crippen molar-refractivity contribution in [2.45, 2.75) is 123 Å². The number of ether oxygens (including phenoxy) is 3. The Morgan fingerprint density at radius 2 is 1.67 bits per heavy atom. The van der Waals surface area contributed by atoms with Gasteiger partial charge in [-0.15, -0.1) is 0 Å². The average molecular weight is 591 g/mol. The Kier molecular flexibility index (Phi) is 15.0. The second kappa shape index (κ2) is 18.7. The predicted molar refractivity (Wildman–Crippen MR) is 176 cm³/mol. The number of carbonyl (C=O) groups excluding carboxylic acids is 1. The van der Waals surface area contributed by atoms with E-state index < -0.39 is 0 Å². The van der Waals surface area contributed by atoms with Crippen molar-refractivity contribution in [3.05, 3.63) is 83.0 Å². The Bertz CT molecular complexity index is 1150. The molecule has 1 fully saturated rings. The van der Waals surface area contributed by atoms with Gasteiger partial charge in [0.2, 0.25) is 0 Å². The van der Waals surface area contributed by atoms with Gasteiger partial charge in [-0.25, -0.2) is 0 Å². The molecule has 0 aromatic heterocycles. The molecule has 5 heteroatoms. The van der Waals surface area contributed by atoms with E-state index in [1.807, 2.05) is 43.3 Å². The van der Waals surface area contributed by atoms with E-state index in [0.29, 0.717) is 12.4 Å². The highest BCUT2D eigenvalue weighted by molar-refractivity contribution is 6.07. The third-order valence-electron chi connectivity index (χ3n) is 7.85. The number of hydrogen-bond donors (Lipinski definition) is 1. The molecule has 0 spiro atoms. The number of carbonyl (C=O) groups is 1. The van der Waals surface area contributed by atoms with Gasteiger partial charge in [0, 0.05) is 18.8 Å². The fourth-order valence-corrected chi connectivity index (χ4v) is 5.29. The smallest absolute Gasteiger partial charge is 0.189 e. The van der Waals surface area contributed by atoms with Crippen LogP contribution in [0.4, 0.5) is 0 Å². The number of allylic oxidation sites excluding steroid dienone is 4. The van der Waals surface area contributed by atoms with Crippen molar-refractivity contribution in [1.82, 2.24) is 0 Å². The van der Waals surface area contributed by atoms with Crippen molar-refractivity contribution in [3.63, 3.8) is 0 Å². The molecule has 1 atom stereocenters. The summed E-state index contributed by atoms with van der Waals surface area (Å²) in [5.41, 5.74) is 2.79. The molecule has 5 nitrogen and oxygen atoms in total. The van der Waals surface area contributed by atoms with Crippen LogP contribution in [0, 0.1) is 0 Å². The van der Waals surface area contributed by atoms with Crippen molar-refractivity contribution in [2.75, 3.05) is 13.2 Å². The largest absolute Gasteiger partial charge is 0.507 e. The average Bonchev–Trinajstić information content (AvgIpc) is 2.99. The molecule has 0 bridgehead atoms. The number of aromatic hydroxyl groups is 1. The molecule has 0 saturated carbocycles. The zero-order chi connectivity index (χ0) is 30.9. The summed E-state index contributed by atoms with van der Waals surface area (Å²) in [5.74, 6) is 0.383. The first-order valence-corrected chi connectivity index (χ1v) is 16.4. The van der Waals surface area contributed by atoms with Crippen molar-refractivity contribution in [1.29, 1.82) is 0 Å². The lowest BCUT2D eigenvalue weighted by molar-refractivity contribution is -0.162. The number of benzene rings is 2. The van der Waals surface area contributed by atoms with Gasteiger partial charge in [-0.3, -0.25) is 4.79 Å². The van der Waals surface area contributed by atoms with Crippen LogP contribution < -0.4 is 4.74 Å². The summed E-state index contributed by atoms with van der Waals surface area (Å²) in [5, 5.41) is 10.8. The van der Waals surface area contributed by atoms with Crippen LogP contribution in [0.3, 0.4) is 0 Å². The van der Waals surface area contributed by atoms with Crippen LogP contribution in [0.25, 0.3) is 0 Å². The van der Waals surface area contributed by atoms with E-state index in [0.717, 1.165) is 55.6 Å². The summed E-state index contributed by atoms with van der Waals surface area (Å²) >= 11 is 0. The van der Waals surface area contributed by atoms with Crippen LogP contribution >= 0.6 is 0 Å². The van der Waals surface area contributed by atoms with Crippen LogP contribution in [0.1, 0.15) is 126 Å². The maximum Gasteiger partial charge on any atom is 0.189 e. The molecule has 0 aliphatic carbocycles. The van der Waals surface area contributed by atoms with E-state index in [9.17, 15) is 9.90 Å². The third kappa shape index (κ3) is 13.1. The van der Waals surface area contributed by atoms with Crippen molar-refractivity contribution >= 4 is 5.78 Å². The number of phenols is 1. The number of phenolic OH excluding ortho intramolecular Hbond substituents is 1. The fraction of sp³-hybridized carbons (Fsp3) is 0.553. The standard InChI is InChI=1S/C38H54O5/c1-30(20-14-11-9-7-5-6-8-10-12-18-24-41-37-23-17-19-25-42-37)26-34(39)32-27-36(33(28-35(32)40)38(2,3)4)43-29-31-21-15-13-16-22-31/h13-16,20-22,26-28,37,40H,5-12,17-19,23-25,29H2,1-4H3. The van der Waals surface area contributed by atoms with Crippen LogP contribution in [-0.4, -0.2) is 30.4 Å². The Labute approximate surface area is 260 Å². The molecule has 0 amide bonds. The minimum atomic E-state index is -0.251. The molecule has 43 heavy (non-hydrogen) atoms. The number of hydrogen-bond acceptors (Lipinski definition) is 5. The molecule has 1 aliphatic heterocycles. The van der Waals surface area contributed by atoms with E-state index >= 15 is 0 Å². The lowest BCUT2D eigenvalue weighted by Crippen LogP contribution is -2.22. The zero-order valence-electron chi connectivity index (χ0n) is 27.0. The van der Waals surface area contributed by atoms with Crippen molar-refractivity contribution < 1.29 is 24.1 Å². The molecular weight excluding hydrogens is 536 g/mol. The van der Waals surface area contributed by atoms with E-state index in [-0.39, 0.29) is 28.8 Å². The summed E-state index contributed by atoms with van der Waals surface area (Å²) in [6.45, 7) is 10.2. The summed E-state index contributed by atoms with van der Waals surface area (Å²) in [7, 11) is 0. The minimum Gasteiger partial charge on any atom is -0.507 e. The Morgan fingerprint density at radius 3 is 2.35 bits per heavy atom. The van der Waals surface area contributed by atoms with E-state index in [2.05, 4.69) is 26.8 Å².